The number of benzene rings is 2. The third-order valence-electron chi connectivity index (χ3n) is 5.06. The highest BCUT2D eigenvalue weighted by molar-refractivity contribution is 6.30. The highest BCUT2D eigenvalue weighted by Gasteiger charge is 2.51. The van der Waals surface area contributed by atoms with E-state index in [4.69, 9.17) is 16.3 Å². The van der Waals surface area contributed by atoms with E-state index in [9.17, 15) is 14.4 Å². The molecule has 0 aromatic heterocycles. The van der Waals surface area contributed by atoms with Gasteiger partial charge in [-0.25, -0.2) is 4.79 Å². The quantitative estimate of drug-likeness (QED) is 0.592. The van der Waals surface area contributed by atoms with Crippen LogP contribution in [-0.4, -0.2) is 36.3 Å². The molecule has 3 rings (SSSR count). The summed E-state index contributed by atoms with van der Waals surface area (Å²) in [6.07, 6.45) is 0.356. The molecule has 0 radical (unpaired) electrons. The number of nitrogens with one attached hydrogen (secondary N) is 1. The van der Waals surface area contributed by atoms with E-state index < -0.39 is 17.5 Å². The number of urea groups is 1. The number of ether oxygens (including phenoxy) is 1. The Morgan fingerprint density at radius 1 is 1.18 bits per heavy atom. The summed E-state index contributed by atoms with van der Waals surface area (Å²) in [6.45, 7) is 3.36. The molecule has 146 valence electrons. The van der Waals surface area contributed by atoms with Crippen LogP contribution < -0.4 is 10.1 Å². The topological polar surface area (TPSA) is 75.7 Å². The molecular formula is C21H21ClN2O4. The molecule has 0 aliphatic carbocycles. The molecule has 1 heterocycles. The van der Waals surface area contributed by atoms with Crippen LogP contribution in [0.25, 0.3) is 0 Å². The van der Waals surface area contributed by atoms with Crippen molar-refractivity contribution < 1.29 is 19.1 Å². The highest BCUT2D eigenvalue weighted by Crippen LogP contribution is 2.34. The van der Waals surface area contributed by atoms with E-state index in [1.54, 1.807) is 43.5 Å². The number of Topliss-reactive ketones (excluding diaryl/α,β-unsaturated/α-hetero) is 1. The molecule has 1 atom stereocenters. The maximum atomic E-state index is 13.2. The molecule has 3 amide bonds. The van der Waals surface area contributed by atoms with Gasteiger partial charge in [-0.15, -0.1) is 0 Å². The van der Waals surface area contributed by atoms with E-state index in [2.05, 4.69) is 5.32 Å². The van der Waals surface area contributed by atoms with Gasteiger partial charge in [0.2, 0.25) is 0 Å². The first-order valence-electron chi connectivity index (χ1n) is 8.90. The molecule has 6 nitrogen and oxygen atoms in total. The molecular weight excluding hydrogens is 380 g/mol. The van der Waals surface area contributed by atoms with E-state index in [1.165, 1.54) is 0 Å². The third kappa shape index (κ3) is 3.36. The lowest BCUT2D eigenvalue weighted by atomic mass is 9.86. The molecule has 2 aromatic rings. The van der Waals surface area contributed by atoms with Crippen molar-refractivity contribution in [2.24, 2.45) is 0 Å². The van der Waals surface area contributed by atoms with Gasteiger partial charge in [-0.1, -0.05) is 24.6 Å². The Labute approximate surface area is 168 Å². The number of imide groups is 1. The number of nitrogens with zero attached hydrogens (tertiary/aromatic N) is 1. The summed E-state index contributed by atoms with van der Waals surface area (Å²) in [5.74, 6) is -0.0774. The van der Waals surface area contributed by atoms with Crippen molar-refractivity contribution in [3.05, 3.63) is 64.2 Å². The van der Waals surface area contributed by atoms with Crippen molar-refractivity contribution in [1.29, 1.82) is 0 Å². The first kappa shape index (κ1) is 19.9. The fourth-order valence-electron chi connectivity index (χ4n) is 3.42. The molecule has 1 fully saturated rings. The van der Waals surface area contributed by atoms with Crippen LogP contribution in [0.2, 0.25) is 5.02 Å². The number of hydrogen-bond donors (Lipinski definition) is 1. The number of aryl methyl sites for hydroxylation is 1. The summed E-state index contributed by atoms with van der Waals surface area (Å²) in [4.78, 5) is 39.3. The van der Waals surface area contributed by atoms with E-state index in [-0.39, 0.29) is 12.3 Å². The van der Waals surface area contributed by atoms with Gasteiger partial charge >= 0.3 is 6.03 Å². The molecule has 7 heteroatoms. The van der Waals surface area contributed by atoms with Crippen LogP contribution in [0.4, 0.5) is 4.79 Å². The Kier molecular flexibility index (Phi) is 5.42. The molecule has 2 aromatic carbocycles. The van der Waals surface area contributed by atoms with Crippen molar-refractivity contribution in [1.82, 2.24) is 10.2 Å². The van der Waals surface area contributed by atoms with E-state index in [0.717, 1.165) is 10.5 Å². The Morgan fingerprint density at radius 3 is 2.43 bits per heavy atom. The van der Waals surface area contributed by atoms with Gasteiger partial charge in [-0.05, 0) is 60.9 Å². The lowest BCUT2D eigenvalue weighted by Gasteiger charge is -2.26. The minimum absolute atomic E-state index is 0.330. The zero-order chi connectivity index (χ0) is 20.5. The average molecular weight is 401 g/mol. The predicted octanol–water partition coefficient (Wildman–Crippen LogP) is 3.70. The van der Waals surface area contributed by atoms with Gasteiger partial charge < -0.3 is 10.1 Å². The van der Waals surface area contributed by atoms with Crippen molar-refractivity contribution in [3.8, 4) is 5.75 Å². The minimum atomic E-state index is -1.20. The summed E-state index contributed by atoms with van der Waals surface area (Å²) >= 11 is 5.84. The third-order valence-corrected chi connectivity index (χ3v) is 5.31. The van der Waals surface area contributed by atoms with E-state index in [1.807, 2.05) is 19.9 Å². The second kappa shape index (κ2) is 7.64. The molecule has 1 unspecified atom stereocenters. The van der Waals surface area contributed by atoms with Crippen molar-refractivity contribution in [2.75, 3.05) is 13.7 Å². The molecule has 1 aliphatic heterocycles. The zero-order valence-electron chi connectivity index (χ0n) is 15.9. The second-order valence-electron chi connectivity index (χ2n) is 6.69. The smallest absolute Gasteiger partial charge is 0.325 e. The van der Waals surface area contributed by atoms with Gasteiger partial charge in [0.05, 0.1) is 13.7 Å². The monoisotopic (exact) mass is 400 g/mol. The summed E-state index contributed by atoms with van der Waals surface area (Å²) in [7, 11) is 1.57. The van der Waals surface area contributed by atoms with Crippen LogP contribution >= 0.6 is 11.6 Å². The number of methoxy groups -OCH3 is 1. The molecule has 1 aliphatic rings. The van der Waals surface area contributed by atoms with E-state index >= 15 is 0 Å². The maximum Gasteiger partial charge on any atom is 0.325 e. The van der Waals surface area contributed by atoms with Crippen LogP contribution in [0, 0.1) is 6.92 Å². The molecule has 0 spiro atoms. The van der Waals surface area contributed by atoms with Gasteiger partial charge in [-0.3, -0.25) is 14.5 Å². The first-order valence-corrected chi connectivity index (χ1v) is 9.28. The zero-order valence-corrected chi connectivity index (χ0v) is 16.7. The maximum absolute atomic E-state index is 13.2. The van der Waals surface area contributed by atoms with Gasteiger partial charge in [0, 0.05) is 10.6 Å². The van der Waals surface area contributed by atoms with Crippen LogP contribution in [0.5, 0.6) is 5.75 Å². The summed E-state index contributed by atoms with van der Waals surface area (Å²) < 4.78 is 5.27. The number of halogens is 1. The van der Waals surface area contributed by atoms with Gasteiger partial charge in [0.15, 0.2) is 5.78 Å². The standard InChI is InChI=1S/C21H21ClN2O4/c1-4-21(15-7-10-18(28-3)13(2)11-15)19(26)24(20(27)23-21)12-17(25)14-5-8-16(22)9-6-14/h5-11H,4,12H2,1-3H3,(H,23,27). The number of ketones is 1. The average Bonchev–Trinajstić information content (AvgIpc) is 2.93. The fourth-order valence-corrected chi connectivity index (χ4v) is 3.55. The lowest BCUT2D eigenvalue weighted by Crippen LogP contribution is -2.44. The number of hydrogen-bond acceptors (Lipinski definition) is 4. The molecule has 1 N–H and O–H groups in total. The molecule has 28 heavy (non-hydrogen) atoms. The molecule has 0 bridgehead atoms. The lowest BCUT2D eigenvalue weighted by molar-refractivity contribution is -0.131. The second-order valence-corrected chi connectivity index (χ2v) is 7.13. The number of carbonyl (C=O) groups is 3. The largest absolute Gasteiger partial charge is 0.496 e. The number of rotatable bonds is 6. The van der Waals surface area contributed by atoms with Crippen LogP contribution in [0.1, 0.15) is 34.8 Å². The normalized spacial score (nSPS) is 18.9. The van der Waals surface area contributed by atoms with Crippen LogP contribution in [0.15, 0.2) is 42.5 Å². The summed E-state index contributed by atoms with van der Waals surface area (Å²) in [6, 6.07) is 11.1. The Hall–Kier alpha value is -2.86. The summed E-state index contributed by atoms with van der Waals surface area (Å²) in [5.41, 5.74) is 0.701. The minimum Gasteiger partial charge on any atom is -0.496 e. The van der Waals surface area contributed by atoms with Crippen LogP contribution in [-0.2, 0) is 10.3 Å². The van der Waals surface area contributed by atoms with Gasteiger partial charge in [-0.2, -0.15) is 0 Å². The van der Waals surface area contributed by atoms with Crippen molar-refractivity contribution in [2.45, 2.75) is 25.8 Å². The molecule has 0 saturated carbocycles. The number of amides is 3. The fraction of sp³-hybridized carbons (Fsp3) is 0.286. The Balaban J connectivity index is 1.89. The highest BCUT2D eigenvalue weighted by atomic mass is 35.5. The Morgan fingerprint density at radius 2 is 1.86 bits per heavy atom. The van der Waals surface area contributed by atoms with Gasteiger partial charge in [0.1, 0.15) is 11.3 Å². The number of carbonyl (C=O) groups excluding carboxylic acids is 3. The van der Waals surface area contributed by atoms with Gasteiger partial charge in [0.25, 0.3) is 5.91 Å². The van der Waals surface area contributed by atoms with Crippen LogP contribution in [0.3, 0.4) is 0 Å². The van der Waals surface area contributed by atoms with Crippen molar-refractivity contribution in [3.63, 3.8) is 0 Å². The predicted molar refractivity (Wildman–Crippen MR) is 106 cm³/mol. The first-order chi connectivity index (χ1) is 13.3. The summed E-state index contributed by atoms with van der Waals surface area (Å²) in [5, 5.41) is 3.29. The Bertz CT molecular complexity index is 942. The van der Waals surface area contributed by atoms with Crippen molar-refractivity contribution >= 4 is 29.3 Å². The van der Waals surface area contributed by atoms with E-state index in [0.29, 0.717) is 28.3 Å². The molecule has 1 saturated heterocycles. The SMILES string of the molecule is CCC1(c2ccc(OC)c(C)c2)NC(=O)N(CC(=O)c2ccc(Cl)cc2)C1=O.